The van der Waals surface area contributed by atoms with Gasteiger partial charge in [0.05, 0.1) is 0 Å². The van der Waals surface area contributed by atoms with Gasteiger partial charge in [0.2, 0.25) is 0 Å². The molecule has 12 heteroatoms. The number of hydrogen-bond donors (Lipinski definition) is 6. The van der Waals surface area contributed by atoms with E-state index in [1.54, 1.807) is 0 Å². The van der Waals surface area contributed by atoms with Crippen LogP contribution in [0.5, 0.6) is 0 Å². The van der Waals surface area contributed by atoms with Crippen molar-refractivity contribution in [1.29, 1.82) is 10.5 Å². The second-order valence-electron chi connectivity index (χ2n) is 0.686. The van der Waals surface area contributed by atoms with Crippen molar-refractivity contribution in [3.05, 3.63) is 0 Å². The number of nitriles is 2. The van der Waals surface area contributed by atoms with Gasteiger partial charge >= 0.3 is 12.2 Å². The molecule has 0 aromatic heterocycles. The molecule has 0 spiro atoms. The Morgan fingerprint density at radius 2 is 0.739 bits per heavy atom. The van der Waals surface area contributed by atoms with Crippen molar-refractivity contribution in [3.63, 3.8) is 0 Å². The second-order valence-corrected chi connectivity index (χ2v) is 0.686. The Kier molecular flexibility index (Phi) is 5540. The van der Waals surface area contributed by atoms with Crippen molar-refractivity contribution in [2.45, 2.75) is 52.0 Å². The van der Waals surface area contributed by atoms with E-state index in [0.717, 1.165) is 12.5 Å². The summed E-state index contributed by atoms with van der Waals surface area (Å²) in [5.41, 5.74) is 8.50. The van der Waals surface area contributed by atoms with E-state index in [2.05, 4.69) is 11.5 Å². The third-order valence-electron chi connectivity index (χ3n) is 0. The fourth-order valence-electron chi connectivity index (χ4n) is 0. The summed E-state index contributed by atoms with van der Waals surface area (Å²) in [5, 5.41) is 27.5. The van der Waals surface area contributed by atoms with Crippen molar-refractivity contribution < 1.29 is 30.1 Å². The lowest BCUT2D eigenvalue weighted by atomic mass is 11.2. The van der Waals surface area contributed by atoms with Crippen LogP contribution in [0.25, 0.3) is 0 Å². The van der Waals surface area contributed by atoms with Gasteiger partial charge in [-0.25, -0.2) is 4.79 Å². The molecule has 23 heavy (non-hydrogen) atoms. The first-order chi connectivity index (χ1) is 5.97. The number of primary amides is 2. The Hall–Kier alpha value is -2.89. The van der Waals surface area contributed by atoms with E-state index in [9.17, 15) is 0 Å². The fraction of sp³-hybridized carbons (Fsp3) is 0.636. The number of urea groups is 1. The first kappa shape index (κ1) is 197. The maximum absolute atomic E-state index is 9.00. The van der Waals surface area contributed by atoms with Crippen molar-refractivity contribution in [1.82, 2.24) is 12.3 Å². The molecule has 0 saturated heterocycles. The topological polar surface area (TPSA) is 293 Å². The van der Waals surface area contributed by atoms with Crippen molar-refractivity contribution >= 4 is 12.2 Å². The van der Waals surface area contributed by atoms with E-state index >= 15 is 0 Å². The lowest BCUT2D eigenvalue weighted by Crippen LogP contribution is -2.18. The summed E-state index contributed by atoms with van der Waals surface area (Å²) >= 11 is 0. The smallest absolute Gasteiger partial charge is 0.373 e. The number of hydrogen-bond acceptors (Lipinski definition) is 9. The molecule has 0 aromatic carbocycles. The number of carbonyl (C=O) groups excluding carboxylic acids is 3. The summed E-state index contributed by atoms with van der Waals surface area (Å²) in [6.07, 6.45) is 1.75. The van der Waals surface area contributed by atoms with Gasteiger partial charge in [0, 0.05) is 0 Å². The van der Waals surface area contributed by atoms with Crippen molar-refractivity contribution in [3.8, 4) is 12.5 Å². The van der Waals surface area contributed by atoms with Crippen LogP contribution in [0.2, 0.25) is 0 Å². The van der Waals surface area contributed by atoms with Crippen LogP contribution in [-0.4, -0.2) is 27.9 Å². The number of rotatable bonds is 0. The fourth-order valence-corrected chi connectivity index (χ4v) is 0. The molecule has 0 bridgehead atoms. The molecule has 0 aliphatic rings. The molecule has 12 nitrogen and oxygen atoms in total. The summed E-state index contributed by atoms with van der Waals surface area (Å²) in [6.45, 7) is 0. The van der Waals surface area contributed by atoms with Gasteiger partial charge in [0.1, 0.15) is 0 Å². The van der Waals surface area contributed by atoms with E-state index in [1.807, 2.05) is 0 Å². The molecule has 0 rings (SSSR count). The molecule has 2 amide bonds. The number of aliphatic hydroxyl groups is 2. The number of nitrogens with two attached hydrogens (primary N) is 2. The number of amides is 2. The SMILES string of the molecule is C.C.C.C.C.C.C.N.N.N#CO.N#CO.NC(N)=O.O.O=C=O. The van der Waals surface area contributed by atoms with Gasteiger partial charge < -0.3 is 39.5 Å². The lowest BCUT2D eigenvalue weighted by Gasteiger charge is -1.62. The lowest BCUT2D eigenvalue weighted by molar-refractivity contribution is -0.191. The molecule has 0 unspecified atom stereocenters. The predicted octanol–water partition coefficient (Wildman–Crippen LogP) is 2.07. The average molecular weight is 354 g/mol. The van der Waals surface area contributed by atoms with Crippen LogP contribution in [-0.2, 0) is 9.59 Å². The molecule has 0 fully saturated rings. The first-order valence-electron chi connectivity index (χ1n) is 2.08. The molecule has 0 atom stereocenters. The molecule has 14 N–H and O–H groups in total. The Morgan fingerprint density at radius 3 is 0.739 bits per heavy atom. The number of nitrogens with zero attached hydrogens (tertiary/aromatic N) is 2. The summed E-state index contributed by atoms with van der Waals surface area (Å²) in [5.74, 6) is 0. The Balaban J connectivity index is -0.00000000343. The standard InChI is InChI=1S/CH4N2O.2CHNO.CO2.7CH4.2H3N.H2O/c2-1(3)4;3*2-1-3;;;;;;;;;;/h(H4,2,3,4);2*3H;;7*1H4;2*1H3;1H2. The van der Waals surface area contributed by atoms with Crippen molar-refractivity contribution in [2.75, 3.05) is 0 Å². The monoisotopic (exact) mass is 354 g/mol. The highest BCUT2D eigenvalue weighted by Crippen LogP contribution is 1.25. The van der Waals surface area contributed by atoms with Crippen LogP contribution < -0.4 is 23.8 Å². The maximum atomic E-state index is 9.00. The minimum absolute atomic E-state index is 0. The molecule has 0 radical (unpaired) electrons. The normalized spacial score (nSPS) is 2.00. The van der Waals surface area contributed by atoms with Crippen LogP contribution in [0, 0.1) is 23.0 Å². The van der Waals surface area contributed by atoms with E-state index < -0.39 is 6.03 Å². The van der Waals surface area contributed by atoms with E-state index in [0.29, 0.717) is 0 Å². The number of aliphatic hydroxyl groups excluding tert-OH is 2. The zero-order valence-corrected chi connectivity index (χ0v) is 8.08. The predicted molar refractivity (Wildman–Crippen MR) is 94.7 cm³/mol. The summed E-state index contributed by atoms with van der Waals surface area (Å²) in [4.78, 5) is 25.2. The van der Waals surface area contributed by atoms with Crippen LogP contribution >= 0.6 is 0 Å². The summed E-state index contributed by atoms with van der Waals surface area (Å²) < 4.78 is 0. The van der Waals surface area contributed by atoms with Crippen LogP contribution in [0.1, 0.15) is 52.0 Å². The largest absolute Gasteiger partial charge is 0.443 e. The molecule has 0 aliphatic heterocycles. The van der Waals surface area contributed by atoms with Gasteiger partial charge in [-0.2, -0.15) is 20.1 Å². The third kappa shape index (κ3) is 670. The number of carbonyl (C=O) groups is 1. The van der Waals surface area contributed by atoms with Gasteiger partial charge in [0.25, 0.3) is 12.5 Å². The molecule has 0 saturated carbocycles. The molecule has 0 aliphatic carbocycles. The van der Waals surface area contributed by atoms with E-state index in [1.165, 1.54) is 0 Å². The van der Waals surface area contributed by atoms with E-state index in [4.69, 9.17) is 35.1 Å². The van der Waals surface area contributed by atoms with Gasteiger partial charge in [-0.05, 0) is 0 Å². The Bertz CT molecular complexity index is 206. The highest BCUT2D eigenvalue weighted by molar-refractivity contribution is 5.69. The van der Waals surface area contributed by atoms with Gasteiger partial charge in [-0.15, -0.1) is 0 Å². The zero-order chi connectivity index (χ0) is 11.7. The van der Waals surface area contributed by atoms with E-state index in [-0.39, 0.29) is 75.9 Å². The van der Waals surface area contributed by atoms with Gasteiger partial charge in [0.15, 0.2) is 0 Å². The summed E-state index contributed by atoms with van der Waals surface area (Å²) in [6, 6.07) is -0.833. The molecule has 0 heterocycles. The first-order valence-corrected chi connectivity index (χ1v) is 2.08. The minimum atomic E-state index is -0.833. The molecule has 0 aromatic rings. The second kappa shape index (κ2) is 648. The molecular formula is C11H42N6O6. The highest BCUT2D eigenvalue weighted by atomic mass is 16.2. The summed E-state index contributed by atoms with van der Waals surface area (Å²) in [7, 11) is 0. The van der Waals surface area contributed by atoms with Crippen LogP contribution in [0.4, 0.5) is 4.79 Å². The third-order valence-corrected chi connectivity index (χ3v) is 0. The average Bonchev–Trinajstić information content (AvgIpc) is 1.88. The van der Waals surface area contributed by atoms with Crippen molar-refractivity contribution in [2.24, 2.45) is 11.5 Å². The van der Waals surface area contributed by atoms with Crippen LogP contribution in [0.15, 0.2) is 0 Å². The Labute approximate surface area is 142 Å². The minimum Gasteiger partial charge on any atom is -0.443 e. The van der Waals surface area contributed by atoms with Gasteiger partial charge in [-0.3, -0.25) is 0 Å². The molecular weight excluding hydrogens is 312 g/mol. The Morgan fingerprint density at radius 1 is 0.739 bits per heavy atom. The zero-order valence-electron chi connectivity index (χ0n) is 8.08. The highest BCUT2D eigenvalue weighted by Gasteiger charge is 1.60. The maximum Gasteiger partial charge on any atom is 0.373 e. The van der Waals surface area contributed by atoms with Crippen LogP contribution in [0.3, 0.4) is 0 Å². The quantitative estimate of drug-likeness (QED) is 0.346. The molecule has 152 valence electrons. The van der Waals surface area contributed by atoms with Gasteiger partial charge in [-0.1, -0.05) is 52.0 Å².